The Labute approximate surface area is 191 Å². The molecule has 0 amide bonds. The zero-order valence-electron chi connectivity index (χ0n) is 20.8. The lowest BCUT2D eigenvalue weighted by molar-refractivity contribution is 0.177. The molecule has 2 aromatic carbocycles. The van der Waals surface area contributed by atoms with Crippen LogP contribution >= 0.6 is 0 Å². The van der Waals surface area contributed by atoms with Crippen molar-refractivity contribution in [1.29, 1.82) is 0 Å². The first-order valence-electron chi connectivity index (χ1n) is 12.1. The van der Waals surface area contributed by atoms with Crippen LogP contribution in [0.2, 0.25) is 12.6 Å². The van der Waals surface area contributed by atoms with Crippen LogP contribution in [0.25, 0.3) is 0 Å². The summed E-state index contributed by atoms with van der Waals surface area (Å²) >= 11 is 0. The van der Waals surface area contributed by atoms with Gasteiger partial charge in [-0.25, -0.2) is 0 Å². The SMILES string of the molecule is C/C=C\Cc1ccc(COc2ccccc2CC(C)C)cc1B1CC(C)(C)C(C)(C)C1. The van der Waals surface area contributed by atoms with Crippen LogP contribution in [0.4, 0.5) is 0 Å². The highest BCUT2D eigenvalue weighted by atomic mass is 16.5. The van der Waals surface area contributed by atoms with Crippen LogP contribution in [-0.4, -0.2) is 6.71 Å². The molecule has 1 saturated heterocycles. The first-order chi connectivity index (χ1) is 14.6. The van der Waals surface area contributed by atoms with Crippen molar-refractivity contribution in [1.82, 2.24) is 0 Å². The number of ether oxygens (including phenoxy) is 1. The van der Waals surface area contributed by atoms with Gasteiger partial charge in [0.2, 0.25) is 0 Å². The first-order valence-corrected chi connectivity index (χ1v) is 12.1. The minimum atomic E-state index is 0.359. The van der Waals surface area contributed by atoms with Crippen molar-refractivity contribution in [3.63, 3.8) is 0 Å². The number of hydrogen-bond donors (Lipinski definition) is 0. The topological polar surface area (TPSA) is 9.23 Å². The van der Waals surface area contributed by atoms with Crippen molar-refractivity contribution in [3.05, 3.63) is 71.3 Å². The fraction of sp³-hybridized carbons (Fsp3) is 0.517. The van der Waals surface area contributed by atoms with E-state index < -0.39 is 0 Å². The molecule has 1 fully saturated rings. The molecule has 3 rings (SSSR count). The summed E-state index contributed by atoms with van der Waals surface area (Å²) in [7, 11) is 0. The van der Waals surface area contributed by atoms with Crippen LogP contribution in [0, 0.1) is 16.7 Å². The predicted octanol–water partition coefficient (Wildman–Crippen LogP) is 7.35. The highest BCUT2D eigenvalue weighted by Crippen LogP contribution is 2.52. The van der Waals surface area contributed by atoms with E-state index in [9.17, 15) is 0 Å². The standard InChI is InChI=1S/C29H41BO/c1-8-9-12-24-16-15-23(18-26(24)30-20-28(4,5)29(6,7)21-30)19-31-27-14-11-10-13-25(27)17-22(2)3/h8-11,13-16,18,22H,12,17,19-21H2,1-7H3/b9-8-. The van der Waals surface area contributed by atoms with Gasteiger partial charge >= 0.3 is 0 Å². The third-order valence-corrected chi connectivity index (χ3v) is 7.56. The molecule has 0 radical (unpaired) electrons. The van der Waals surface area contributed by atoms with Gasteiger partial charge in [-0.1, -0.05) is 108 Å². The summed E-state index contributed by atoms with van der Waals surface area (Å²) in [5, 5.41) is 0. The van der Waals surface area contributed by atoms with Gasteiger partial charge in [0, 0.05) is 0 Å². The van der Waals surface area contributed by atoms with E-state index in [4.69, 9.17) is 4.74 Å². The number of benzene rings is 2. The molecule has 0 atom stereocenters. The van der Waals surface area contributed by atoms with Gasteiger partial charge in [0.15, 0.2) is 6.71 Å². The van der Waals surface area contributed by atoms with Gasteiger partial charge in [0.25, 0.3) is 0 Å². The average molecular weight is 416 g/mol. The Morgan fingerprint density at radius 1 is 0.968 bits per heavy atom. The molecule has 0 spiro atoms. The lowest BCUT2D eigenvalue weighted by Crippen LogP contribution is -2.32. The van der Waals surface area contributed by atoms with Gasteiger partial charge in [-0.05, 0) is 59.3 Å². The molecule has 2 aromatic rings. The molecule has 166 valence electrons. The summed E-state index contributed by atoms with van der Waals surface area (Å²) in [6.45, 7) is 17.7. The fourth-order valence-electron chi connectivity index (χ4n) is 5.04. The molecule has 2 heteroatoms. The van der Waals surface area contributed by atoms with E-state index in [-0.39, 0.29) is 0 Å². The average Bonchev–Trinajstić information content (AvgIpc) is 2.92. The monoisotopic (exact) mass is 416 g/mol. The molecule has 1 aliphatic heterocycles. The van der Waals surface area contributed by atoms with Gasteiger partial charge in [0.05, 0.1) is 0 Å². The summed E-state index contributed by atoms with van der Waals surface area (Å²) in [6, 6.07) is 15.5. The molecular formula is C29H41BO. The van der Waals surface area contributed by atoms with Crippen LogP contribution in [0.1, 0.15) is 65.2 Å². The normalized spacial score (nSPS) is 17.6. The lowest BCUT2D eigenvalue weighted by atomic mass is 9.41. The Morgan fingerprint density at radius 2 is 1.65 bits per heavy atom. The molecule has 0 saturated carbocycles. The van der Waals surface area contributed by atoms with Gasteiger partial charge in [-0.2, -0.15) is 0 Å². The maximum atomic E-state index is 6.33. The predicted molar refractivity (Wildman–Crippen MR) is 137 cm³/mol. The molecule has 1 aliphatic rings. The van der Waals surface area contributed by atoms with Crippen molar-refractivity contribution >= 4 is 12.2 Å². The summed E-state index contributed by atoms with van der Waals surface area (Å²) in [5.74, 6) is 1.65. The van der Waals surface area contributed by atoms with Crippen molar-refractivity contribution in [2.45, 2.75) is 80.6 Å². The van der Waals surface area contributed by atoms with Gasteiger partial charge in [-0.15, -0.1) is 0 Å². The fourth-order valence-corrected chi connectivity index (χ4v) is 5.04. The summed E-state index contributed by atoms with van der Waals surface area (Å²) in [6.07, 6.45) is 9.02. The quantitative estimate of drug-likeness (QED) is 0.323. The van der Waals surface area contributed by atoms with Gasteiger partial charge in [0.1, 0.15) is 12.4 Å². The molecule has 1 nitrogen and oxygen atoms in total. The number of hydrogen-bond acceptors (Lipinski definition) is 1. The summed E-state index contributed by atoms with van der Waals surface area (Å²) < 4.78 is 6.33. The van der Waals surface area contributed by atoms with E-state index in [1.807, 2.05) is 0 Å². The molecule has 1 heterocycles. The second-order valence-electron chi connectivity index (χ2n) is 11.2. The van der Waals surface area contributed by atoms with Crippen molar-refractivity contribution in [2.24, 2.45) is 16.7 Å². The Balaban J connectivity index is 1.84. The molecule has 0 aliphatic carbocycles. The Hall–Kier alpha value is -1.96. The number of rotatable bonds is 8. The first kappa shape index (κ1) is 23.7. The second-order valence-corrected chi connectivity index (χ2v) is 11.2. The van der Waals surface area contributed by atoms with Crippen LogP contribution in [0.5, 0.6) is 5.75 Å². The van der Waals surface area contributed by atoms with E-state index >= 15 is 0 Å². The van der Waals surface area contributed by atoms with E-state index in [2.05, 4.69) is 103 Å². The van der Waals surface area contributed by atoms with E-state index in [1.165, 1.54) is 34.8 Å². The lowest BCUT2D eigenvalue weighted by Gasteiger charge is -2.35. The Morgan fingerprint density at radius 3 is 2.29 bits per heavy atom. The number of para-hydroxylation sites is 1. The van der Waals surface area contributed by atoms with Crippen LogP contribution in [0.3, 0.4) is 0 Å². The van der Waals surface area contributed by atoms with E-state index in [0.29, 0.717) is 30.1 Å². The third kappa shape index (κ3) is 5.65. The highest BCUT2D eigenvalue weighted by molar-refractivity contribution is 6.74. The van der Waals surface area contributed by atoms with Gasteiger partial charge in [-0.3, -0.25) is 0 Å². The molecule has 0 N–H and O–H groups in total. The summed E-state index contributed by atoms with van der Waals surface area (Å²) in [4.78, 5) is 0. The van der Waals surface area contributed by atoms with E-state index in [0.717, 1.165) is 18.6 Å². The molecule has 0 unspecified atom stereocenters. The largest absolute Gasteiger partial charge is 0.489 e. The van der Waals surface area contributed by atoms with Crippen molar-refractivity contribution in [2.75, 3.05) is 0 Å². The highest BCUT2D eigenvalue weighted by Gasteiger charge is 2.48. The van der Waals surface area contributed by atoms with Crippen LogP contribution in [-0.2, 0) is 19.4 Å². The van der Waals surface area contributed by atoms with Gasteiger partial charge < -0.3 is 4.74 Å². The molecule has 31 heavy (non-hydrogen) atoms. The summed E-state index contributed by atoms with van der Waals surface area (Å²) in [5.41, 5.74) is 6.31. The molecule has 0 aromatic heterocycles. The van der Waals surface area contributed by atoms with Crippen molar-refractivity contribution in [3.8, 4) is 5.75 Å². The third-order valence-electron chi connectivity index (χ3n) is 7.56. The Kier molecular flexibility index (Phi) is 7.40. The maximum absolute atomic E-state index is 6.33. The number of allylic oxidation sites excluding steroid dienone is 2. The zero-order valence-corrected chi connectivity index (χ0v) is 20.8. The maximum Gasteiger partial charge on any atom is 0.177 e. The molecule has 0 bridgehead atoms. The van der Waals surface area contributed by atoms with E-state index in [1.54, 1.807) is 0 Å². The smallest absolute Gasteiger partial charge is 0.177 e. The minimum Gasteiger partial charge on any atom is -0.489 e. The van der Waals surface area contributed by atoms with Crippen molar-refractivity contribution < 1.29 is 4.74 Å². The van der Waals surface area contributed by atoms with Crippen LogP contribution < -0.4 is 10.2 Å². The zero-order chi connectivity index (χ0) is 22.6. The Bertz CT molecular complexity index is 891. The minimum absolute atomic E-state index is 0.359. The molecular weight excluding hydrogens is 375 g/mol. The second kappa shape index (κ2) is 9.68. The van der Waals surface area contributed by atoms with Crippen LogP contribution in [0.15, 0.2) is 54.6 Å².